The van der Waals surface area contributed by atoms with Gasteiger partial charge in [-0.25, -0.2) is 4.79 Å². The number of benzene rings is 3. The average molecular weight is 462 g/mol. The molecule has 0 aromatic heterocycles. The lowest BCUT2D eigenvalue weighted by Crippen LogP contribution is -2.40. The summed E-state index contributed by atoms with van der Waals surface area (Å²) in [5, 5.41) is 3.49. The van der Waals surface area contributed by atoms with Crippen LogP contribution in [0.25, 0.3) is 11.1 Å². The van der Waals surface area contributed by atoms with Crippen LogP contribution in [0, 0.1) is 0 Å². The lowest BCUT2D eigenvalue weighted by Gasteiger charge is -2.26. The van der Waals surface area contributed by atoms with E-state index in [1.807, 2.05) is 53.4 Å². The van der Waals surface area contributed by atoms with E-state index < -0.39 is 0 Å². The molecular weight excluding hydrogens is 438 g/mol. The van der Waals surface area contributed by atoms with E-state index in [-0.39, 0.29) is 11.9 Å². The van der Waals surface area contributed by atoms with Gasteiger partial charge in [0.2, 0.25) is 0 Å². The second-order valence-corrected chi connectivity index (χ2v) is 8.60. The molecule has 0 bridgehead atoms. The molecule has 0 atom stereocenters. The number of ether oxygens (including phenoxy) is 1. The molecule has 3 amide bonds. The minimum absolute atomic E-state index is 0.0418. The van der Waals surface area contributed by atoms with Crippen LogP contribution in [0.4, 0.5) is 16.2 Å². The van der Waals surface area contributed by atoms with E-state index >= 15 is 0 Å². The highest BCUT2D eigenvalue weighted by Crippen LogP contribution is 2.33. The third-order valence-corrected chi connectivity index (χ3v) is 6.29. The van der Waals surface area contributed by atoms with E-state index in [1.165, 1.54) is 0 Å². The van der Waals surface area contributed by atoms with Gasteiger partial charge in [0.05, 0.1) is 13.2 Å². The van der Waals surface area contributed by atoms with Crippen LogP contribution in [0.1, 0.15) is 15.9 Å². The third kappa shape index (κ3) is 4.58. The zero-order valence-electron chi connectivity index (χ0n) is 18.1. The van der Waals surface area contributed by atoms with E-state index in [4.69, 9.17) is 16.3 Å². The first kappa shape index (κ1) is 21.5. The summed E-state index contributed by atoms with van der Waals surface area (Å²) < 4.78 is 5.33. The van der Waals surface area contributed by atoms with Crippen LogP contribution in [-0.2, 0) is 11.2 Å². The number of nitrogens with one attached hydrogen (secondary N) is 1. The number of carbonyl (C=O) groups is 2. The van der Waals surface area contributed by atoms with Crippen molar-refractivity contribution in [2.24, 2.45) is 0 Å². The van der Waals surface area contributed by atoms with Gasteiger partial charge in [-0.3, -0.25) is 9.69 Å². The number of amides is 3. The largest absolute Gasteiger partial charge is 0.378 e. The molecule has 7 heteroatoms. The highest BCUT2D eigenvalue weighted by molar-refractivity contribution is 6.30. The lowest BCUT2D eigenvalue weighted by molar-refractivity contribution is 0.0303. The van der Waals surface area contributed by atoms with Crippen LogP contribution < -0.4 is 10.2 Å². The first-order chi connectivity index (χ1) is 16.1. The molecule has 168 valence electrons. The number of fused-ring (bicyclic) bond motifs is 1. The second kappa shape index (κ2) is 9.25. The van der Waals surface area contributed by atoms with Gasteiger partial charge in [0.15, 0.2) is 0 Å². The maximum Gasteiger partial charge on any atom is 0.326 e. The minimum atomic E-state index is -0.172. The average Bonchev–Trinajstić information content (AvgIpc) is 3.28. The fourth-order valence-corrected chi connectivity index (χ4v) is 4.49. The van der Waals surface area contributed by atoms with Crippen molar-refractivity contribution in [3.05, 3.63) is 82.9 Å². The monoisotopic (exact) mass is 461 g/mol. The molecule has 6 nitrogen and oxygen atoms in total. The van der Waals surface area contributed by atoms with Crippen molar-refractivity contribution in [1.29, 1.82) is 0 Å². The van der Waals surface area contributed by atoms with Crippen molar-refractivity contribution in [1.82, 2.24) is 4.90 Å². The molecule has 2 heterocycles. The predicted octanol–water partition coefficient (Wildman–Crippen LogP) is 5.07. The number of hydrogen-bond donors (Lipinski definition) is 1. The first-order valence-electron chi connectivity index (χ1n) is 11.0. The van der Waals surface area contributed by atoms with Crippen LogP contribution in [0.3, 0.4) is 0 Å². The van der Waals surface area contributed by atoms with Gasteiger partial charge in [-0.1, -0.05) is 35.9 Å². The number of morpholine rings is 1. The molecule has 0 spiro atoms. The van der Waals surface area contributed by atoms with Crippen LogP contribution in [-0.4, -0.2) is 49.7 Å². The maximum absolute atomic E-state index is 12.8. The van der Waals surface area contributed by atoms with Gasteiger partial charge in [0.25, 0.3) is 5.91 Å². The summed E-state index contributed by atoms with van der Waals surface area (Å²) >= 11 is 6.02. The number of rotatable bonds is 3. The number of carbonyl (C=O) groups excluding carboxylic acids is 2. The van der Waals surface area contributed by atoms with Crippen LogP contribution in [0.15, 0.2) is 66.7 Å². The molecule has 2 aliphatic heterocycles. The summed E-state index contributed by atoms with van der Waals surface area (Å²) in [6, 6.07) is 20.8. The fraction of sp³-hybridized carbons (Fsp3) is 0.231. The van der Waals surface area contributed by atoms with Crippen LogP contribution in [0.2, 0.25) is 5.02 Å². The van der Waals surface area contributed by atoms with E-state index in [0.717, 1.165) is 28.8 Å². The Morgan fingerprint density at radius 2 is 1.64 bits per heavy atom. The van der Waals surface area contributed by atoms with Crippen molar-refractivity contribution in [2.75, 3.05) is 43.1 Å². The Bertz CT molecular complexity index is 1190. The molecule has 1 N–H and O–H groups in total. The normalized spacial score (nSPS) is 15.3. The lowest BCUT2D eigenvalue weighted by atomic mass is 10.0. The van der Waals surface area contributed by atoms with Gasteiger partial charge in [0, 0.05) is 41.6 Å². The molecule has 1 fully saturated rings. The summed E-state index contributed by atoms with van der Waals surface area (Å²) in [6.45, 7) is 3.07. The Morgan fingerprint density at radius 1 is 0.879 bits per heavy atom. The molecule has 3 aromatic carbocycles. The van der Waals surface area contributed by atoms with E-state index in [9.17, 15) is 9.59 Å². The van der Waals surface area contributed by atoms with Crippen molar-refractivity contribution >= 4 is 34.9 Å². The minimum Gasteiger partial charge on any atom is -0.378 e. The van der Waals surface area contributed by atoms with Crippen molar-refractivity contribution in [2.45, 2.75) is 6.42 Å². The smallest absolute Gasteiger partial charge is 0.326 e. The SMILES string of the molecule is O=C(c1ccc(-c2ccc3c(c2)CCN3C(=O)Nc2cccc(Cl)c2)cc1)N1CCOCC1. The van der Waals surface area contributed by atoms with Crippen LogP contribution >= 0.6 is 11.6 Å². The molecule has 3 aromatic rings. The summed E-state index contributed by atoms with van der Waals surface area (Å²) in [4.78, 5) is 29.1. The molecule has 2 aliphatic rings. The van der Waals surface area contributed by atoms with Gasteiger partial charge in [-0.05, 0) is 65.6 Å². The number of urea groups is 1. The maximum atomic E-state index is 12.8. The molecule has 1 saturated heterocycles. The Labute approximate surface area is 197 Å². The van der Waals surface area contributed by atoms with Crippen molar-refractivity contribution in [3.8, 4) is 11.1 Å². The first-order valence-corrected chi connectivity index (χ1v) is 11.4. The molecular formula is C26H24ClN3O3. The van der Waals surface area contributed by atoms with Crippen molar-refractivity contribution < 1.29 is 14.3 Å². The van der Waals surface area contributed by atoms with Crippen molar-refractivity contribution in [3.63, 3.8) is 0 Å². The molecule has 33 heavy (non-hydrogen) atoms. The Kier molecular flexibility index (Phi) is 6.03. The van der Waals surface area contributed by atoms with Gasteiger partial charge in [-0.2, -0.15) is 0 Å². The molecule has 0 radical (unpaired) electrons. The highest BCUT2D eigenvalue weighted by atomic mass is 35.5. The van der Waals surface area contributed by atoms with Gasteiger partial charge in [0.1, 0.15) is 0 Å². The number of nitrogens with zero attached hydrogens (tertiary/aromatic N) is 2. The zero-order valence-corrected chi connectivity index (χ0v) is 18.8. The van der Waals surface area contributed by atoms with E-state index in [2.05, 4.69) is 11.4 Å². The summed E-state index contributed by atoms with van der Waals surface area (Å²) in [6.07, 6.45) is 0.791. The molecule has 0 saturated carbocycles. The molecule has 5 rings (SSSR count). The van der Waals surface area contributed by atoms with Gasteiger partial charge < -0.3 is 15.0 Å². The number of halogens is 1. The molecule has 0 aliphatic carbocycles. The second-order valence-electron chi connectivity index (χ2n) is 8.17. The number of anilines is 2. The number of hydrogen-bond acceptors (Lipinski definition) is 3. The van der Waals surface area contributed by atoms with E-state index in [1.54, 1.807) is 17.0 Å². The van der Waals surface area contributed by atoms with Crippen LogP contribution in [0.5, 0.6) is 0 Å². The third-order valence-electron chi connectivity index (χ3n) is 6.06. The van der Waals surface area contributed by atoms with Gasteiger partial charge in [-0.15, -0.1) is 0 Å². The standard InChI is InChI=1S/C26H24ClN3O3/c27-22-2-1-3-23(17-22)28-26(32)30-11-10-21-16-20(8-9-24(21)30)18-4-6-19(7-5-18)25(31)29-12-14-33-15-13-29/h1-9,16-17H,10-15H2,(H,28,32). The van der Waals surface area contributed by atoms with E-state index in [0.29, 0.717) is 49.1 Å². The van der Waals surface area contributed by atoms with Gasteiger partial charge >= 0.3 is 6.03 Å². The summed E-state index contributed by atoms with van der Waals surface area (Å²) in [7, 11) is 0. The quantitative estimate of drug-likeness (QED) is 0.592. The fourth-order valence-electron chi connectivity index (χ4n) is 4.30. The zero-order chi connectivity index (χ0) is 22.8. The highest BCUT2D eigenvalue weighted by Gasteiger charge is 2.25. The predicted molar refractivity (Wildman–Crippen MR) is 130 cm³/mol. The Hall–Kier alpha value is -3.35. The summed E-state index contributed by atoms with van der Waals surface area (Å²) in [5.41, 5.74) is 5.50. The topological polar surface area (TPSA) is 61.9 Å². The Morgan fingerprint density at radius 3 is 2.39 bits per heavy atom. The molecule has 0 unspecified atom stereocenters. The Balaban J connectivity index is 1.30. The summed E-state index contributed by atoms with van der Waals surface area (Å²) in [5.74, 6) is 0.0418.